The van der Waals surface area contributed by atoms with E-state index in [1.54, 1.807) is 0 Å². The molecule has 12 heteroatoms. The molecular weight excluding hydrogens is 357 g/mol. The summed E-state index contributed by atoms with van der Waals surface area (Å²) in [6.07, 6.45) is -4.17. The molecule has 7 N–H and O–H groups in total. The van der Waals surface area contributed by atoms with Crippen LogP contribution in [0, 0.1) is 0 Å². The molecule has 0 fully saturated rings. The van der Waals surface area contributed by atoms with Gasteiger partial charge in [0.1, 0.15) is 6.54 Å². The van der Waals surface area contributed by atoms with Gasteiger partial charge in [-0.05, 0) is 25.0 Å². The third-order valence-electron chi connectivity index (χ3n) is 3.24. The molecule has 1 unspecified atom stereocenters. The second kappa shape index (κ2) is 8.87. The molecule has 1 aromatic rings. The van der Waals surface area contributed by atoms with E-state index in [0.29, 0.717) is 0 Å². The number of halogens is 3. The first-order valence-electron chi connectivity index (χ1n) is 7.43. The van der Waals surface area contributed by atoms with Gasteiger partial charge >= 0.3 is 6.18 Å². The van der Waals surface area contributed by atoms with Gasteiger partial charge < -0.3 is 27.1 Å². The van der Waals surface area contributed by atoms with Crippen LogP contribution in [0.5, 0.6) is 0 Å². The molecule has 0 bridgehead atoms. The summed E-state index contributed by atoms with van der Waals surface area (Å²) in [6.45, 7) is -0.589. The normalized spacial score (nSPS) is 12.3. The van der Waals surface area contributed by atoms with Crippen LogP contribution in [0.25, 0.3) is 0 Å². The Morgan fingerprint density at radius 1 is 1.31 bits per heavy atom. The number of nitrogens with one attached hydrogen (secondary N) is 1. The van der Waals surface area contributed by atoms with Crippen molar-refractivity contribution in [3.05, 3.63) is 28.7 Å². The highest BCUT2D eigenvalue weighted by Gasteiger charge is 2.43. The van der Waals surface area contributed by atoms with Crippen LogP contribution in [-0.2, 0) is 16.1 Å². The smallest absolute Gasteiger partial charge is 0.394 e. The Hall–Kier alpha value is -3.05. The minimum atomic E-state index is -5.12. The summed E-state index contributed by atoms with van der Waals surface area (Å²) in [5.41, 5.74) is 14.8. The molecule has 0 aliphatic rings. The third-order valence-corrected chi connectivity index (χ3v) is 3.24. The van der Waals surface area contributed by atoms with E-state index in [0.717, 1.165) is 4.57 Å². The lowest BCUT2D eigenvalue weighted by Crippen LogP contribution is -2.48. The number of hydrogen-bond acceptors (Lipinski definition) is 5. The number of carbonyl (C=O) groups excluding carboxylic acids is 2. The largest absolute Gasteiger partial charge is 0.452 e. The van der Waals surface area contributed by atoms with Crippen LogP contribution in [0.2, 0.25) is 0 Å². The number of alkyl halides is 3. The Kier molecular flexibility index (Phi) is 7.16. The number of hydrogen-bond donors (Lipinski definition) is 4. The van der Waals surface area contributed by atoms with Gasteiger partial charge in [-0.3, -0.25) is 19.4 Å². The van der Waals surface area contributed by atoms with E-state index < -0.39 is 36.0 Å². The molecule has 0 saturated heterocycles. The number of amides is 1. The first-order chi connectivity index (χ1) is 12.0. The summed E-state index contributed by atoms with van der Waals surface area (Å²) in [5.74, 6) is -3.29. The molecule has 0 saturated carbocycles. The third kappa shape index (κ3) is 6.45. The van der Waals surface area contributed by atoms with Gasteiger partial charge in [-0.15, -0.1) is 0 Å². The van der Waals surface area contributed by atoms with Gasteiger partial charge in [-0.2, -0.15) is 13.2 Å². The van der Waals surface area contributed by atoms with Crippen molar-refractivity contribution >= 4 is 23.3 Å². The molecule has 1 amide bonds. The molecule has 26 heavy (non-hydrogen) atoms. The topological polar surface area (TPSA) is 159 Å². The molecule has 0 aromatic carbocycles. The van der Waals surface area contributed by atoms with Crippen LogP contribution in [0.1, 0.15) is 12.8 Å². The van der Waals surface area contributed by atoms with Gasteiger partial charge in [0.2, 0.25) is 5.91 Å². The van der Waals surface area contributed by atoms with Crippen LogP contribution in [-0.4, -0.2) is 41.0 Å². The highest BCUT2D eigenvalue weighted by molar-refractivity contribution is 5.92. The fourth-order valence-corrected chi connectivity index (χ4v) is 2.04. The van der Waals surface area contributed by atoms with Crippen LogP contribution >= 0.6 is 0 Å². The average Bonchev–Trinajstić information content (AvgIpc) is 2.53. The van der Waals surface area contributed by atoms with E-state index in [4.69, 9.17) is 17.2 Å². The molecular formula is C14H19F3N6O3. The standard InChI is InChI=1S/C14H19F3N6O3/c15-14(16,17)11(25)9(4-1-5-21-13(19)20)22-10(24)7-23-6-2-3-8(18)12(23)26/h2-3,6,9H,1,4-5,7,18H2,(H,22,24)(H4,19,20,21). The number of carbonyl (C=O) groups is 2. The molecule has 0 aliphatic carbocycles. The SMILES string of the molecule is NC(N)=NCCCC(NC(=O)Cn1cccc(N)c1=O)C(=O)C(F)(F)F. The van der Waals surface area contributed by atoms with Gasteiger partial charge in [0, 0.05) is 12.7 Å². The number of nitrogens with two attached hydrogens (primary N) is 3. The van der Waals surface area contributed by atoms with E-state index in [2.05, 4.69) is 4.99 Å². The lowest BCUT2D eigenvalue weighted by molar-refractivity contribution is -0.174. The molecule has 9 nitrogen and oxygen atoms in total. The summed E-state index contributed by atoms with van der Waals surface area (Å²) in [4.78, 5) is 38.8. The van der Waals surface area contributed by atoms with E-state index in [1.807, 2.05) is 5.32 Å². The van der Waals surface area contributed by atoms with Gasteiger partial charge in [-0.1, -0.05) is 0 Å². The quantitative estimate of drug-likeness (QED) is 0.261. The number of rotatable bonds is 8. The van der Waals surface area contributed by atoms with Crippen molar-refractivity contribution in [2.75, 3.05) is 12.3 Å². The van der Waals surface area contributed by atoms with Crippen LogP contribution < -0.4 is 28.1 Å². The molecule has 144 valence electrons. The number of guanidine groups is 1. The van der Waals surface area contributed by atoms with Gasteiger partial charge in [0.25, 0.3) is 11.3 Å². The maximum absolute atomic E-state index is 12.7. The van der Waals surface area contributed by atoms with Crippen molar-refractivity contribution in [1.82, 2.24) is 9.88 Å². The van der Waals surface area contributed by atoms with E-state index in [1.165, 1.54) is 18.3 Å². The van der Waals surface area contributed by atoms with Crippen LogP contribution in [0.3, 0.4) is 0 Å². The van der Waals surface area contributed by atoms with Gasteiger partial charge in [0.05, 0.1) is 11.7 Å². The summed E-state index contributed by atoms with van der Waals surface area (Å²) >= 11 is 0. The van der Waals surface area contributed by atoms with Crippen LogP contribution in [0.4, 0.5) is 18.9 Å². The average molecular weight is 376 g/mol. The number of nitrogen functional groups attached to an aromatic ring is 1. The maximum atomic E-state index is 12.7. The highest BCUT2D eigenvalue weighted by atomic mass is 19.4. The Morgan fingerprint density at radius 2 is 1.96 bits per heavy atom. The second-order valence-electron chi connectivity index (χ2n) is 5.33. The molecule has 0 aliphatic heterocycles. The predicted molar refractivity (Wildman–Crippen MR) is 88.0 cm³/mol. The second-order valence-corrected chi connectivity index (χ2v) is 5.33. The zero-order valence-corrected chi connectivity index (χ0v) is 13.6. The highest BCUT2D eigenvalue weighted by Crippen LogP contribution is 2.20. The van der Waals surface area contributed by atoms with E-state index in [-0.39, 0.29) is 31.0 Å². The zero-order chi connectivity index (χ0) is 19.9. The van der Waals surface area contributed by atoms with Crippen molar-refractivity contribution in [2.24, 2.45) is 16.5 Å². The zero-order valence-electron chi connectivity index (χ0n) is 13.6. The lowest BCUT2D eigenvalue weighted by Gasteiger charge is -2.19. The number of aliphatic imine (C=N–C) groups is 1. The summed E-state index contributed by atoms with van der Waals surface area (Å²) in [6, 6.07) is 0.905. The molecule has 0 radical (unpaired) electrons. The number of anilines is 1. The van der Waals surface area contributed by atoms with Gasteiger partial charge in [-0.25, -0.2) is 0 Å². The Labute approximate surface area is 146 Å². The summed E-state index contributed by atoms with van der Waals surface area (Å²) in [5, 5.41) is 1.99. The van der Waals surface area contributed by atoms with Crippen molar-refractivity contribution in [2.45, 2.75) is 31.6 Å². The monoisotopic (exact) mass is 376 g/mol. The number of aromatic nitrogens is 1. The first-order valence-corrected chi connectivity index (χ1v) is 7.43. The fourth-order valence-electron chi connectivity index (χ4n) is 2.04. The maximum Gasteiger partial charge on any atom is 0.452 e. The molecule has 1 rings (SSSR count). The Balaban J connectivity index is 2.81. The molecule has 1 heterocycles. The minimum absolute atomic E-state index is 0.00544. The number of ketones is 1. The first kappa shape index (κ1) is 21.0. The molecule has 1 atom stereocenters. The molecule has 0 spiro atoms. The fraction of sp³-hybridized carbons (Fsp3) is 0.429. The lowest BCUT2D eigenvalue weighted by atomic mass is 10.1. The van der Waals surface area contributed by atoms with Crippen molar-refractivity contribution < 1.29 is 22.8 Å². The number of Topliss-reactive ketones (excluding diaryl/α,β-unsaturated/α-hetero) is 1. The van der Waals surface area contributed by atoms with Crippen molar-refractivity contribution in [1.29, 1.82) is 0 Å². The minimum Gasteiger partial charge on any atom is -0.394 e. The van der Waals surface area contributed by atoms with Crippen LogP contribution in [0.15, 0.2) is 28.1 Å². The van der Waals surface area contributed by atoms with Crippen molar-refractivity contribution in [3.63, 3.8) is 0 Å². The van der Waals surface area contributed by atoms with Gasteiger partial charge in [0.15, 0.2) is 5.96 Å². The Morgan fingerprint density at radius 3 is 2.54 bits per heavy atom. The molecule has 1 aromatic heterocycles. The Bertz CT molecular complexity index is 740. The number of nitrogens with zero attached hydrogens (tertiary/aromatic N) is 2. The van der Waals surface area contributed by atoms with E-state index >= 15 is 0 Å². The van der Waals surface area contributed by atoms with Crippen molar-refractivity contribution in [3.8, 4) is 0 Å². The summed E-state index contributed by atoms with van der Waals surface area (Å²) < 4.78 is 39.0. The number of pyridine rings is 1. The predicted octanol–water partition coefficient (Wildman–Crippen LogP) is -0.900. The summed E-state index contributed by atoms with van der Waals surface area (Å²) in [7, 11) is 0. The van der Waals surface area contributed by atoms with E-state index in [9.17, 15) is 27.6 Å².